The van der Waals surface area contributed by atoms with Gasteiger partial charge in [0.05, 0.1) is 17.7 Å². The highest BCUT2D eigenvalue weighted by Gasteiger charge is 2.28. The van der Waals surface area contributed by atoms with Crippen LogP contribution < -0.4 is 9.46 Å². The molecule has 0 aliphatic heterocycles. The molecule has 1 unspecified atom stereocenters. The lowest BCUT2D eigenvalue weighted by molar-refractivity contribution is -0.385. The number of rotatable bonds is 6. The van der Waals surface area contributed by atoms with E-state index in [4.69, 9.17) is 9.84 Å². The van der Waals surface area contributed by atoms with Gasteiger partial charge in [0.15, 0.2) is 11.0 Å². The van der Waals surface area contributed by atoms with Gasteiger partial charge in [0.1, 0.15) is 0 Å². The zero-order valence-corrected chi connectivity index (χ0v) is 11.4. The number of anilines is 1. The van der Waals surface area contributed by atoms with E-state index in [2.05, 4.69) is 0 Å². The second-order valence-corrected chi connectivity index (χ2v) is 5.77. The van der Waals surface area contributed by atoms with E-state index in [0.29, 0.717) is 0 Å². The minimum atomic E-state index is -4.19. The Kier molecular flexibility index (Phi) is 4.50. The van der Waals surface area contributed by atoms with Gasteiger partial charge in [-0.05, 0) is 19.1 Å². The van der Waals surface area contributed by atoms with Crippen molar-refractivity contribution in [3.05, 3.63) is 28.3 Å². The number of hydrogen-bond acceptors (Lipinski definition) is 6. The van der Waals surface area contributed by atoms with Crippen LogP contribution in [0.4, 0.5) is 11.4 Å². The van der Waals surface area contributed by atoms with E-state index in [1.165, 1.54) is 19.2 Å². The van der Waals surface area contributed by atoms with Crippen molar-refractivity contribution in [2.24, 2.45) is 0 Å². The van der Waals surface area contributed by atoms with Crippen LogP contribution in [0.3, 0.4) is 0 Å². The second-order valence-electron chi connectivity index (χ2n) is 3.77. The summed E-state index contributed by atoms with van der Waals surface area (Å²) in [7, 11) is -2.95. The largest absolute Gasteiger partial charge is 0.490 e. The topological polar surface area (TPSA) is 136 Å². The number of ether oxygens (including phenoxy) is 1. The smallest absolute Gasteiger partial charge is 0.323 e. The Morgan fingerprint density at radius 2 is 2.10 bits per heavy atom. The monoisotopic (exact) mass is 304 g/mol. The van der Waals surface area contributed by atoms with Gasteiger partial charge in [-0.1, -0.05) is 0 Å². The number of aliphatic carboxylic acids is 1. The number of methoxy groups -OCH3 is 1. The number of carboxylic acids is 1. The number of carboxylic acid groups (broad SMARTS) is 1. The van der Waals surface area contributed by atoms with Gasteiger partial charge < -0.3 is 9.84 Å². The predicted molar refractivity (Wildman–Crippen MR) is 69.3 cm³/mol. The first-order valence-corrected chi connectivity index (χ1v) is 6.80. The number of nitro benzene ring substituents is 1. The molecule has 110 valence electrons. The average molecular weight is 304 g/mol. The molecule has 0 spiro atoms. The number of nitrogens with zero attached hydrogens (tertiary/aromatic N) is 1. The molecule has 0 saturated carbocycles. The van der Waals surface area contributed by atoms with Gasteiger partial charge in [-0.3, -0.25) is 19.6 Å². The summed E-state index contributed by atoms with van der Waals surface area (Å²) in [6.45, 7) is 0.989. The minimum Gasteiger partial charge on any atom is -0.490 e. The van der Waals surface area contributed by atoms with Crippen molar-refractivity contribution >= 4 is 27.4 Å². The van der Waals surface area contributed by atoms with Crippen LogP contribution in [0, 0.1) is 10.1 Å². The highest BCUT2D eigenvalue weighted by Crippen LogP contribution is 2.30. The van der Waals surface area contributed by atoms with Crippen LogP contribution in [0.15, 0.2) is 18.2 Å². The summed E-state index contributed by atoms with van der Waals surface area (Å²) in [5.74, 6) is -1.57. The normalized spacial score (nSPS) is 12.5. The molecule has 1 rings (SSSR count). The maximum atomic E-state index is 11.7. The average Bonchev–Trinajstić information content (AvgIpc) is 2.37. The molecule has 0 aliphatic carbocycles. The lowest BCUT2D eigenvalue weighted by atomic mass is 10.2. The second kappa shape index (κ2) is 5.74. The SMILES string of the molecule is COc1ccc(NS(=O)(=O)C(C)C(=O)O)cc1[N+](=O)[O-]. The molecule has 0 amide bonds. The molecule has 1 aromatic carbocycles. The molecule has 2 N–H and O–H groups in total. The van der Waals surface area contributed by atoms with E-state index in [-0.39, 0.29) is 11.4 Å². The maximum Gasteiger partial charge on any atom is 0.323 e. The first kappa shape index (κ1) is 15.7. The number of carbonyl (C=O) groups is 1. The predicted octanol–water partition coefficient (Wildman–Crippen LogP) is 0.818. The Hall–Kier alpha value is -2.36. The van der Waals surface area contributed by atoms with Crippen LogP contribution in [0.1, 0.15) is 6.92 Å². The van der Waals surface area contributed by atoms with Crippen molar-refractivity contribution in [1.29, 1.82) is 0 Å². The number of sulfonamides is 1. The zero-order chi connectivity index (χ0) is 15.5. The highest BCUT2D eigenvalue weighted by atomic mass is 32.2. The zero-order valence-electron chi connectivity index (χ0n) is 10.6. The van der Waals surface area contributed by atoms with E-state index in [1.807, 2.05) is 4.72 Å². The summed E-state index contributed by atoms with van der Waals surface area (Å²) < 4.78 is 30.1. The summed E-state index contributed by atoms with van der Waals surface area (Å²) >= 11 is 0. The summed E-state index contributed by atoms with van der Waals surface area (Å²) in [4.78, 5) is 20.7. The van der Waals surface area contributed by atoms with Crippen molar-refractivity contribution in [2.45, 2.75) is 12.2 Å². The van der Waals surface area contributed by atoms with Crippen molar-refractivity contribution in [1.82, 2.24) is 0 Å². The molecular formula is C10H12N2O7S. The van der Waals surface area contributed by atoms with Crippen molar-refractivity contribution in [3.63, 3.8) is 0 Å². The molecule has 0 aromatic heterocycles. The molecule has 0 bridgehead atoms. The van der Waals surface area contributed by atoms with Gasteiger partial charge in [0, 0.05) is 6.07 Å². The van der Waals surface area contributed by atoms with Crippen molar-refractivity contribution in [3.8, 4) is 5.75 Å². The number of nitro groups is 1. The van der Waals surface area contributed by atoms with Gasteiger partial charge in [-0.2, -0.15) is 0 Å². The van der Waals surface area contributed by atoms with E-state index in [1.54, 1.807) is 0 Å². The summed E-state index contributed by atoms with van der Waals surface area (Å²) in [6.07, 6.45) is 0. The standard InChI is InChI=1S/C10H12N2O7S/c1-6(10(13)14)20(17,18)11-7-3-4-9(19-2)8(5-7)12(15)16/h3-6,11H,1-2H3,(H,13,14). The van der Waals surface area contributed by atoms with Crippen LogP contribution >= 0.6 is 0 Å². The van der Waals surface area contributed by atoms with Gasteiger partial charge in [-0.15, -0.1) is 0 Å². The van der Waals surface area contributed by atoms with Crippen LogP contribution in [-0.2, 0) is 14.8 Å². The summed E-state index contributed by atoms with van der Waals surface area (Å²) in [5, 5.41) is 17.8. The van der Waals surface area contributed by atoms with Gasteiger partial charge in [0.2, 0.25) is 10.0 Å². The molecule has 0 heterocycles. The molecular weight excluding hydrogens is 292 g/mol. The Labute approximate surface area is 114 Å². The molecule has 0 radical (unpaired) electrons. The lowest BCUT2D eigenvalue weighted by Crippen LogP contribution is -2.32. The molecule has 9 nitrogen and oxygen atoms in total. The van der Waals surface area contributed by atoms with Crippen LogP contribution in [-0.4, -0.2) is 36.8 Å². The molecule has 20 heavy (non-hydrogen) atoms. The van der Waals surface area contributed by atoms with Gasteiger partial charge in [0.25, 0.3) is 0 Å². The number of hydrogen-bond donors (Lipinski definition) is 2. The van der Waals surface area contributed by atoms with Gasteiger partial charge in [-0.25, -0.2) is 8.42 Å². The van der Waals surface area contributed by atoms with Crippen molar-refractivity contribution in [2.75, 3.05) is 11.8 Å². The van der Waals surface area contributed by atoms with Crippen molar-refractivity contribution < 1.29 is 28.0 Å². The molecule has 1 atom stereocenters. The Bertz CT molecular complexity index is 641. The van der Waals surface area contributed by atoms with Crippen LogP contribution in [0.25, 0.3) is 0 Å². The Morgan fingerprint density at radius 3 is 2.55 bits per heavy atom. The molecule has 0 fully saturated rings. The highest BCUT2D eigenvalue weighted by molar-refractivity contribution is 7.94. The quantitative estimate of drug-likeness (QED) is 0.586. The fourth-order valence-electron chi connectivity index (χ4n) is 1.28. The lowest BCUT2D eigenvalue weighted by Gasteiger charge is -2.11. The third kappa shape index (κ3) is 3.35. The van der Waals surface area contributed by atoms with E-state index in [9.17, 15) is 23.3 Å². The first-order chi connectivity index (χ1) is 9.19. The number of benzene rings is 1. The molecule has 0 aliphatic rings. The fraction of sp³-hybridized carbons (Fsp3) is 0.300. The first-order valence-electron chi connectivity index (χ1n) is 5.26. The fourth-order valence-corrected chi connectivity index (χ4v) is 2.18. The maximum absolute atomic E-state index is 11.7. The summed E-state index contributed by atoms with van der Waals surface area (Å²) in [5.41, 5.74) is -0.554. The third-order valence-corrected chi connectivity index (χ3v) is 4.10. The molecule has 0 saturated heterocycles. The number of nitrogens with one attached hydrogen (secondary N) is 1. The van der Waals surface area contributed by atoms with E-state index < -0.39 is 31.9 Å². The minimum absolute atomic E-state index is 0.0377. The molecule has 10 heteroatoms. The van der Waals surface area contributed by atoms with Crippen LogP contribution in [0.5, 0.6) is 5.75 Å². The third-order valence-electron chi connectivity index (χ3n) is 2.45. The van der Waals surface area contributed by atoms with E-state index >= 15 is 0 Å². The summed E-state index contributed by atoms with van der Waals surface area (Å²) in [6, 6.07) is 3.39. The molecule has 1 aromatic rings. The van der Waals surface area contributed by atoms with E-state index in [0.717, 1.165) is 13.0 Å². The Balaban J connectivity index is 3.14. The van der Waals surface area contributed by atoms with Crippen LogP contribution in [0.2, 0.25) is 0 Å². The van der Waals surface area contributed by atoms with Gasteiger partial charge >= 0.3 is 11.7 Å². The Morgan fingerprint density at radius 1 is 1.50 bits per heavy atom.